The van der Waals surface area contributed by atoms with E-state index in [-0.39, 0.29) is 18.2 Å². The van der Waals surface area contributed by atoms with E-state index in [0.717, 1.165) is 0 Å². The van der Waals surface area contributed by atoms with Crippen molar-refractivity contribution in [2.75, 3.05) is 0 Å². The molecular formula is C18H20F2O2. The Kier molecular flexibility index (Phi) is 7.40. The van der Waals surface area contributed by atoms with Crippen LogP contribution in [0.2, 0.25) is 0 Å². The number of halogens is 2. The van der Waals surface area contributed by atoms with Gasteiger partial charge >= 0.3 is 0 Å². The van der Waals surface area contributed by atoms with Crippen molar-refractivity contribution in [2.24, 2.45) is 0 Å². The Labute approximate surface area is 129 Å². The van der Waals surface area contributed by atoms with Crippen molar-refractivity contribution >= 4 is 6.29 Å². The number of carbonyl (C=O) groups is 1. The molecule has 0 saturated carbocycles. The second-order valence-corrected chi connectivity index (χ2v) is 4.67. The summed E-state index contributed by atoms with van der Waals surface area (Å²) in [6, 6.07) is 9.29. The quantitative estimate of drug-likeness (QED) is 0.864. The van der Waals surface area contributed by atoms with Crippen LogP contribution in [0.3, 0.4) is 0 Å². The molecule has 0 bridgehead atoms. The van der Waals surface area contributed by atoms with Crippen LogP contribution in [0.4, 0.5) is 8.78 Å². The highest BCUT2D eigenvalue weighted by atomic mass is 19.1. The third kappa shape index (κ3) is 4.46. The van der Waals surface area contributed by atoms with Crippen LogP contribution in [0.25, 0.3) is 0 Å². The van der Waals surface area contributed by atoms with Crippen molar-refractivity contribution in [1.82, 2.24) is 0 Å². The van der Waals surface area contributed by atoms with E-state index in [1.807, 2.05) is 13.8 Å². The molecule has 0 spiro atoms. The van der Waals surface area contributed by atoms with Crippen molar-refractivity contribution in [3.63, 3.8) is 0 Å². The van der Waals surface area contributed by atoms with Gasteiger partial charge in [-0.2, -0.15) is 0 Å². The molecule has 0 aliphatic heterocycles. The molecular weight excluding hydrogens is 286 g/mol. The fourth-order valence-corrected chi connectivity index (χ4v) is 2.21. The highest BCUT2D eigenvalue weighted by Crippen LogP contribution is 2.13. The molecule has 0 atom stereocenters. The van der Waals surface area contributed by atoms with Crippen LogP contribution < -0.4 is 0 Å². The summed E-state index contributed by atoms with van der Waals surface area (Å²) in [6.45, 7) is 3.62. The van der Waals surface area contributed by atoms with Crippen LogP contribution in [0.5, 0.6) is 0 Å². The number of hydrogen-bond acceptors (Lipinski definition) is 2. The molecule has 0 amide bonds. The lowest BCUT2D eigenvalue weighted by Gasteiger charge is -2.04. The van der Waals surface area contributed by atoms with Gasteiger partial charge in [0, 0.05) is 5.56 Å². The predicted octanol–water partition coefficient (Wildman–Crippen LogP) is 4.08. The van der Waals surface area contributed by atoms with E-state index in [4.69, 9.17) is 5.11 Å². The number of aliphatic hydroxyl groups is 1. The molecule has 1 N–H and O–H groups in total. The second kappa shape index (κ2) is 9.05. The third-order valence-corrected chi connectivity index (χ3v) is 3.38. The van der Waals surface area contributed by atoms with Crippen molar-refractivity contribution in [3.8, 4) is 0 Å². The van der Waals surface area contributed by atoms with Crippen LogP contribution in [0, 0.1) is 11.6 Å². The average Bonchev–Trinajstić information content (AvgIpc) is 2.54. The van der Waals surface area contributed by atoms with Gasteiger partial charge in [0.15, 0.2) is 0 Å². The predicted molar refractivity (Wildman–Crippen MR) is 82.9 cm³/mol. The molecule has 2 nitrogen and oxygen atoms in total. The summed E-state index contributed by atoms with van der Waals surface area (Å²) >= 11 is 0. The van der Waals surface area contributed by atoms with Gasteiger partial charge in [0.25, 0.3) is 0 Å². The number of rotatable bonds is 4. The molecule has 0 unspecified atom stereocenters. The van der Waals surface area contributed by atoms with Gasteiger partial charge in [-0.25, -0.2) is 8.78 Å². The van der Waals surface area contributed by atoms with E-state index in [2.05, 4.69) is 0 Å². The molecule has 0 radical (unpaired) electrons. The summed E-state index contributed by atoms with van der Waals surface area (Å²) < 4.78 is 25.8. The Morgan fingerprint density at radius 2 is 1.50 bits per heavy atom. The molecule has 0 aliphatic rings. The maximum Gasteiger partial charge on any atom is 0.150 e. The van der Waals surface area contributed by atoms with Crippen LogP contribution in [-0.4, -0.2) is 11.4 Å². The van der Waals surface area contributed by atoms with Crippen LogP contribution in [0.15, 0.2) is 36.4 Å². The van der Waals surface area contributed by atoms with E-state index < -0.39 is 0 Å². The molecule has 0 saturated heterocycles. The first kappa shape index (κ1) is 18.0. The zero-order valence-corrected chi connectivity index (χ0v) is 12.8. The maximum atomic E-state index is 12.9. The van der Waals surface area contributed by atoms with Gasteiger partial charge in [0.05, 0.1) is 6.61 Å². The molecule has 22 heavy (non-hydrogen) atoms. The summed E-state index contributed by atoms with van der Waals surface area (Å²) in [5, 5.41) is 8.81. The summed E-state index contributed by atoms with van der Waals surface area (Å²) in [4.78, 5) is 10.4. The highest BCUT2D eigenvalue weighted by Gasteiger charge is 2.04. The normalized spacial score (nSPS) is 9.86. The standard InChI is InChI=1S/C9H11FO.C9H9FO/c2*1-2-8-7(6-11)4-3-5-9(8)10/h3-5,11H,2,6H2,1H3;3-6H,2H2,1H3. The summed E-state index contributed by atoms with van der Waals surface area (Å²) in [7, 11) is 0. The van der Waals surface area contributed by atoms with E-state index >= 15 is 0 Å². The van der Waals surface area contributed by atoms with Gasteiger partial charge in [-0.05, 0) is 41.7 Å². The highest BCUT2D eigenvalue weighted by molar-refractivity contribution is 5.77. The Morgan fingerprint density at radius 1 is 0.955 bits per heavy atom. The number of aldehydes is 1. The lowest BCUT2D eigenvalue weighted by atomic mass is 10.1. The third-order valence-electron chi connectivity index (χ3n) is 3.38. The van der Waals surface area contributed by atoms with Gasteiger partial charge in [-0.15, -0.1) is 0 Å². The fraction of sp³-hybridized carbons (Fsp3) is 0.278. The van der Waals surface area contributed by atoms with Crippen LogP contribution >= 0.6 is 0 Å². The van der Waals surface area contributed by atoms with Crippen LogP contribution in [-0.2, 0) is 19.4 Å². The lowest BCUT2D eigenvalue weighted by molar-refractivity contribution is 0.112. The smallest absolute Gasteiger partial charge is 0.150 e. The number of carbonyl (C=O) groups excluding carboxylic acids is 1. The first-order chi connectivity index (χ1) is 10.6. The Morgan fingerprint density at radius 3 is 1.91 bits per heavy atom. The van der Waals surface area contributed by atoms with E-state index in [1.165, 1.54) is 18.2 Å². The largest absolute Gasteiger partial charge is 0.392 e. The van der Waals surface area contributed by atoms with Crippen molar-refractivity contribution in [1.29, 1.82) is 0 Å². The van der Waals surface area contributed by atoms with Gasteiger partial charge in [0.2, 0.25) is 0 Å². The lowest BCUT2D eigenvalue weighted by Crippen LogP contribution is -1.95. The molecule has 2 aromatic carbocycles. The summed E-state index contributed by atoms with van der Waals surface area (Å²) in [6.07, 6.45) is 1.87. The molecule has 0 aromatic heterocycles. The number of aliphatic hydroxyl groups excluding tert-OH is 1. The molecule has 0 aliphatic carbocycles. The molecule has 0 heterocycles. The van der Waals surface area contributed by atoms with Crippen molar-refractivity contribution in [3.05, 3.63) is 70.3 Å². The first-order valence-corrected chi connectivity index (χ1v) is 7.18. The van der Waals surface area contributed by atoms with Crippen molar-refractivity contribution in [2.45, 2.75) is 33.3 Å². The topological polar surface area (TPSA) is 37.3 Å². The van der Waals surface area contributed by atoms with E-state index in [1.54, 1.807) is 18.2 Å². The maximum absolute atomic E-state index is 12.9. The van der Waals surface area contributed by atoms with Crippen molar-refractivity contribution < 1.29 is 18.7 Å². The summed E-state index contributed by atoms with van der Waals surface area (Å²) in [5.74, 6) is -0.517. The zero-order valence-electron chi connectivity index (χ0n) is 12.8. The second-order valence-electron chi connectivity index (χ2n) is 4.67. The van der Waals surface area contributed by atoms with Crippen LogP contribution in [0.1, 0.15) is 40.9 Å². The molecule has 4 heteroatoms. The summed E-state index contributed by atoms with van der Waals surface area (Å²) in [5.41, 5.74) is 2.26. The Bertz CT molecular complexity index is 624. The monoisotopic (exact) mass is 306 g/mol. The Balaban J connectivity index is 0.000000220. The fourth-order valence-electron chi connectivity index (χ4n) is 2.21. The first-order valence-electron chi connectivity index (χ1n) is 7.18. The van der Waals surface area contributed by atoms with Gasteiger partial charge in [0.1, 0.15) is 17.9 Å². The molecule has 118 valence electrons. The number of benzene rings is 2. The number of hydrogen-bond donors (Lipinski definition) is 1. The minimum atomic E-state index is -0.294. The Hall–Kier alpha value is -2.07. The van der Waals surface area contributed by atoms with E-state index in [0.29, 0.717) is 41.4 Å². The zero-order chi connectivity index (χ0) is 16.5. The molecule has 2 aromatic rings. The van der Waals surface area contributed by atoms with Gasteiger partial charge in [-0.3, -0.25) is 4.79 Å². The van der Waals surface area contributed by atoms with Gasteiger partial charge in [-0.1, -0.05) is 38.1 Å². The minimum absolute atomic E-state index is 0.0824. The molecule has 0 fully saturated rings. The van der Waals surface area contributed by atoms with E-state index in [9.17, 15) is 13.6 Å². The van der Waals surface area contributed by atoms with Gasteiger partial charge < -0.3 is 5.11 Å². The molecule has 2 rings (SSSR count). The average molecular weight is 306 g/mol. The SMILES string of the molecule is CCc1c(F)cccc1C=O.CCc1c(F)cccc1CO. The minimum Gasteiger partial charge on any atom is -0.392 e.